The van der Waals surface area contributed by atoms with Crippen molar-refractivity contribution in [3.63, 3.8) is 0 Å². The molecule has 0 saturated carbocycles. The van der Waals surface area contributed by atoms with Crippen molar-refractivity contribution in [3.05, 3.63) is 78.9 Å². The Morgan fingerprint density at radius 1 is 0.552 bits per heavy atom. The van der Waals surface area contributed by atoms with E-state index in [1.807, 2.05) is 36.4 Å². The van der Waals surface area contributed by atoms with Crippen LogP contribution in [0.15, 0.2) is 88.7 Å². The Bertz CT molecular complexity index is 1400. The van der Waals surface area contributed by atoms with Gasteiger partial charge in [0.15, 0.2) is 0 Å². The number of aromatic hydroxyl groups is 1. The van der Waals surface area contributed by atoms with Crippen molar-refractivity contribution >= 4 is 41.8 Å². The van der Waals surface area contributed by atoms with E-state index in [2.05, 4.69) is 0 Å². The van der Waals surface area contributed by atoms with Gasteiger partial charge in [0.25, 0.3) is 20.2 Å². The first kappa shape index (κ1) is 20.7. The third-order valence-corrected chi connectivity index (χ3v) is 6.13. The van der Waals surface area contributed by atoms with Gasteiger partial charge in [-0.2, -0.15) is 16.8 Å². The van der Waals surface area contributed by atoms with E-state index in [0.717, 1.165) is 16.8 Å². The summed E-state index contributed by atoms with van der Waals surface area (Å²) in [5.41, 5.74) is 0. The molecule has 0 spiro atoms. The molecular formula is C20H16O7S2. The van der Waals surface area contributed by atoms with Gasteiger partial charge in [-0.25, -0.2) is 0 Å². The van der Waals surface area contributed by atoms with Crippen molar-refractivity contribution in [1.29, 1.82) is 0 Å². The first-order valence-corrected chi connectivity index (χ1v) is 11.1. The predicted octanol–water partition coefficient (Wildman–Crippen LogP) is 3.88. The SMILES string of the molecule is O=S(=O)(O)c1ccc2ccccc2c1S(=O)(=O)O.Oc1cccc2ccccc12. The van der Waals surface area contributed by atoms with Gasteiger partial charge in [-0.3, -0.25) is 9.11 Å². The summed E-state index contributed by atoms with van der Waals surface area (Å²) in [6, 6.07) is 21.6. The average molecular weight is 432 g/mol. The Balaban J connectivity index is 0.000000186. The van der Waals surface area contributed by atoms with Gasteiger partial charge in [0.1, 0.15) is 15.5 Å². The second-order valence-electron chi connectivity index (χ2n) is 6.06. The number of benzene rings is 4. The number of fused-ring (bicyclic) bond motifs is 2. The fraction of sp³-hybridized carbons (Fsp3) is 0. The summed E-state index contributed by atoms with van der Waals surface area (Å²) in [7, 11) is -9.53. The monoisotopic (exact) mass is 432 g/mol. The summed E-state index contributed by atoms with van der Waals surface area (Å²) in [4.78, 5) is -1.66. The van der Waals surface area contributed by atoms with E-state index in [-0.39, 0.29) is 5.39 Å². The van der Waals surface area contributed by atoms with Gasteiger partial charge in [-0.15, -0.1) is 0 Å². The van der Waals surface area contributed by atoms with Crippen molar-refractivity contribution in [2.24, 2.45) is 0 Å². The van der Waals surface area contributed by atoms with Gasteiger partial charge in [0.05, 0.1) is 0 Å². The van der Waals surface area contributed by atoms with E-state index in [1.54, 1.807) is 18.2 Å². The van der Waals surface area contributed by atoms with Gasteiger partial charge in [0.2, 0.25) is 0 Å². The molecule has 4 aromatic rings. The van der Waals surface area contributed by atoms with Gasteiger partial charge >= 0.3 is 0 Å². The number of phenolic OH excluding ortho intramolecular Hbond substituents is 1. The number of phenols is 1. The maximum absolute atomic E-state index is 11.3. The number of rotatable bonds is 2. The van der Waals surface area contributed by atoms with E-state index in [4.69, 9.17) is 9.11 Å². The molecule has 4 aromatic carbocycles. The molecular weight excluding hydrogens is 416 g/mol. The van der Waals surface area contributed by atoms with Crippen LogP contribution in [0.1, 0.15) is 0 Å². The van der Waals surface area contributed by atoms with Crippen LogP contribution in [0.3, 0.4) is 0 Å². The van der Waals surface area contributed by atoms with Crippen LogP contribution in [0, 0.1) is 0 Å². The molecule has 7 nitrogen and oxygen atoms in total. The van der Waals surface area contributed by atoms with Crippen LogP contribution in [0.4, 0.5) is 0 Å². The lowest BCUT2D eigenvalue weighted by atomic mass is 10.1. The largest absolute Gasteiger partial charge is 0.507 e. The summed E-state index contributed by atoms with van der Waals surface area (Å²) in [5, 5.41) is 11.8. The van der Waals surface area contributed by atoms with Crippen molar-refractivity contribution in [2.75, 3.05) is 0 Å². The Kier molecular flexibility index (Phi) is 5.58. The van der Waals surface area contributed by atoms with Crippen LogP contribution in [-0.2, 0) is 20.2 Å². The molecule has 0 amide bonds. The summed E-state index contributed by atoms with van der Waals surface area (Å²) < 4.78 is 63.0. The second-order valence-corrected chi connectivity index (χ2v) is 8.81. The van der Waals surface area contributed by atoms with E-state index in [1.165, 1.54) is 18.2 Å². The summed E-state index contributed by atoms with van der Waals surface area (Å²) in [5.74, 6) is 0.350. The van der Waals surface area contributed by atoms with Crippen molar-refractivity contribution < 1.29 is 31.0 Å². The highest BCUT2D eigenvalue weighted by atomic mass is 32.2. The zero-order valence-electron chi connectivity index (χ0n) is 14.8. The highest BCUT2D eigenvalue weighted by Gasteiger charge is 2.26. The highest BCUT2D eigenvalue weighted by molar-refractivity contribution is 7.89. The average Bonchev–Trinajstić information content (AvgIpc) is 2.66. The molecule has 0 aliphatic carbocycles. The first-order valence-electron chi connectivity index (χ1n) is 8.22. The van der Waals surface area contributed by atoms with E-state index < -0.39 is 30.0 Å². The van der Waals surface area contributed by atoms with Crippen LogP contribution in [0.25, 0.3) is 21.5 Å². The van der Waals surface area contributed by atoms with Crippen LogP contribution in [-0.4, -0.2) is 31.0 Å². The molecule has 0 radical (unpaired) electrons. The van der Waals surface area contributed by atoms with Gasteiger partial charge in [0, 0.05) is 10.8 Å². The maximum atomic E-state index is 11.3. The van der Waals surface area contributed by atoms with Crippen LogP contribution < -0.4 is 0 Å². The van der Waals surface area contributed by atoms with E-state index in [0.29, 0.717) is 11.1 Å². The van der Waals surface area contributed by atoms with Crippen LogP contribution in [0.5, 0.6) is 5.75 Å². The molecule has 29 heavy (non-hydrogen) atoms. The Hall–Kier alpha value is -2.98. The molecule has 0 bridgehead atoms. The minimum absolute atomic E-state index is 0.0233. The topological polar surface area (TPSA) is 129 Å². The number of hydrogen-bond acceptors (Lipinski definition) is 5. The molecule has 0 fully saturated rings. The molecule has 0 unspecified atom stereocenters. The molecule has 150 valence electrons. The third-order valence-electron chi connectivity index (χ3n) is 4.15. The van der Waals surface area contributed by atoms with Gasteiger partial charge in [-0.1, -0.05) is 66.7 Å². The highest BCUT2D eigenvalue weighted by Crippen LogP contribution is 2.29. The lowest BCUT2D eigenvalue weighted by molar-refractivity contribution is 0.467. The maximum Gasteiger partial charge on any atom is 0.296 e. The molecule has 0 aliphatic rings. The van der Waals surface area contributed by atoms with Crippen LogP contribution in [0.2, 0.25) is 0 Å². The predicted molar refractivity (Wildman–Crippen MR) is 109 cm³/mol. The molecule has 0 aromatic heterocycles. The smallest absolute Gasteiger partial charge is 0.296 e. The fourth-order valence-electron chi connectivity index (χ4n) is 2.90. The zero-order chi connectivity index (χ0) is 21.2. The van der Waals surface area contributed by atoms with Crippen molar-refractivity contribution in [3.8, 4) is 5.75 Å². The molecule has 0 atom stereocenters. The van der Waals surface area contributed by atoms with Gasteiger partial charge < -0.3 is 5.11 Å². The molecule has 0 aliphatic heterocycles. The van der Waals surface area contributed by atoms with Crippen LogP contribution >= 0.6 is 0 Å². The Labute approximate surface area is 167 Å². The van der Waals surface area contributed by atoms with Crippen molar-refractivity contribution in [1.82, 2.24) is 0 Å². The normalized spacial score (nSPS) is 11.8. The summed E-state index contributed by atoms with van der Waals surface area (Å²) >= 11 is 0. The van der Waals surface area contributed by atoms with Crippen molar-refractivity contribution in [2.45, 2.75) is 9.79 Å². The molecule has 3 N–H and O–H groups in total. The number of hydrogen-bond donors (Lipinski definition) is 3. The minimum atomic E-state index is -4.78. The summed E-state index contributed by atoms with van der Waals surface area (Å²) in [6.45, 7) is 0. The minimum Gasteiger partial charge on any atom is -0.507 e. The molecule has 0 saturated heterocycles. The quantitative estimate of drug-likeness (QED) is 0.410. The second kappa shape index (κ2) is 7.80. The standard InChI is InChI=1S/C10H8O6S2.C10H8O/c11-17(12,13)9-6-5-7-3-1-2-4-8(7)10(9)18(14,15)16;11-10-7-3-5-8-4-1-2-6-9(8)10/h1-6H,(H,11,12,13)(H,14,15,16);1-7,11H. The van der Waals surface area contributed by atoms with E-state index >= 15 is 0 Å². The first-order chi connectivity index (χ1) is 13.6. The molecule has 4 rings (SSSR count). The Morgan fingerprint density at radius 2 is 1.07 bits per heavy atom. The van der Waals surface area contributed by atoms with Gasteiger partial charge in [-0.05, 0) is 22.9 Å². The molecule has 0 heterocycles. The lowest BCUT2D eigenvalue weighted by Gasteiger charge is -2.08. The Morgan fingerprint density at radius 3 is 1.62 bits per heavy atom. The lowest BCUT2D eigenvalue weighted by Crippen LogP contribution is -2.09. The fourth-order valence-corrected chi connectivity index (χ4v) is 4.90. The zero-order valence-corrected chi connectivity index (χ0v) is 16.4. The third kappa shape index (κ3) is 4.54. The summed E-state index contributed by atoms with van der Waals surface area (Å²) in [6.07, 6.45) is 0. The van der Waals surface area contributed by atoms with E-state index in [9.17, 15) is 21.9 Å². The molecule has 9 heteroatoms.